The van der Waals surface area contributed by atoms with E-state index in [1.165, 1.54) is 11.8 Å². The van der Waals surface area contributed by atoms with Crippen LogP contribution < -0.4 is 11.1 Å². The average Bonchev–Trinajstić information content (AvgIpc) is 3.07. The lowest BCUT2D eigenvalue weighted by Gasteiger charge is -2.00. The number of amides is 1. The smallest absolute Gasteiger partial charge is 0.279 e. The Hall–Kier alpha value is -1.57. The maximum atomic E-state index is 11.1. The molecule has 2 heterocycles. The minimum absolute atomic E-state index is 0. The van der Waals surface area contributed by atoms with Crippen LogP contribution in [0.3, 0.4) is 0 Å². The first kappa shape index (κ1) is 14.8. The molecular weight excluding hydrogens is 300 g/mol. The Morgan fingerprint density at radius 1 is 1.40 bits per heavy atom. The molecule has 1 atom stereocenters. The highest BCUT2D eigenvalue weighted by Crippen LogP contribution is 2.26. The molecule has 0 saturated carbocycles. The molecule has 6 nitrogen and oxygen atoms in total. The van der Waals surface area contributed by atoms with E-state index in [0.717, 1.165) is 11.1 Å². The number of thioether (sulfide) groups is 1. The molecule has 1 fully saturated rings. The van der Waals surface area contributed by atoms with Crippen LogP contribution in [0.1, 0.15) is 17.5 Å². The van der Waals surface area contributed by atoms with Crippen molar-refractivity contribution in [1.29, 1.82) is 0 Å². The predicted molar refractivity (Wildman–Crippen MR) is 78.6 cm³/mol. The summed E-state index contributed by atoms with van der Waals surface area (Å²) in [6.07, 6.45) is 0. The summed E-state index contributed by atoms with van der Waals surface area (Å²) < 4.78 is 5.19. The van der Waals surface area contributed by atoms with E-state index in [0.29, 0.717) is 24.0 Å². The van der Waals surface area contributed by atoms with E-state index in [1.54, 1.807) is 0 Å². The molecule has 0 aliphatic carbocycles. The van der Waals surface area contributed by atoms with E-state index in [9.17, 15) is 4.79 Å². The first-order valence-corrected chi connectivity index (χ1v) is 6.81. The van der Waals surface area contributed by atoms with Gasteiger partial charge in [0.15, 0.2) is 0 Å². The zero-order chi connectivity index (χ0) is 13.2. The largest absolute Gasteiger partial charge is 0.337 e. The molecular formula is C12H13ClN4O2S. The van der Waals surface area contributed by atoms with Gasteiger partial charge in [-0.05, 0) is 5.56 Å². The van der Waals surface area contributed by atoms with Crippen LogP contribution in [0, 0.1) is 0 Å². The van der Waals surface area contributed by atoms with Crippen molar-refractivity contribution in [2.75, 3.05) is 5.75 Å². The second-order valence-electron chi connectivity index (χ2n) is 4.15. The van der Waals surface area contributed by atoms with Gasteiger partial charge in [0.25, 0.3) is 5.24 Å². The maximum Gasteiger partial charge on any atom is 0.279 e. The SMILES string of the molecule is Cl.NCc1ccc(-c2noc([C@@H]3CSC(=O)N3)n2)cc1. The number of carbonyl (C=O) groups is 1. The quantitative estimate of drug-likeness (QED) is 0.901. The van der Waals surface area contributed by atoms with Crippen LogP contribution in [0.2, 0.25) is 0 Å². The summed E-state index contributed by atoms with van der Waals surface area (Å²) in [4.78, 5) is 15.4. The van der Waals surface area contributed by atoms with Crippen LogP contribution in [-0.2, 0) is 6.54 Å². The van der Waals surface area contributed by atoms with Crippen LogP contribution in [-0.4, -0.2) is 21.1 Å². The highest BCUT2D eigenvalue weighted by molar-refractivity contribution is 8.13. The van der Waals surface area contributed by atoms with Crippen molar-refractivity contribution >= 4 is 29.4 Å². The summed E-state index contributed by atoms with van der Waals surface area (Å²) in [6.45, 7) is 0.503. The number of hydrogen-bond acceptors (Lipinski definition) is 6. The van der Waals surface area contributed by atoms with Gasteiger partial charge >= 0.3 is 0 Å². The Balaban J connectivity index is 0.00000147. The molecule has 0 radical (unpaired) electrons. The minimum atomic E-state index is -0.193. The maximum absolute atomic E-state index is 11.1. The first-order valence-electron chi connectivity index (χ1n) is 5.82. The third-order valence-corrected chi connectivity index (χ3v) is 3.74. The standard InChI is InChI=1S/C12H12N4O2S.ClH/c13-5-7-1-3-8(4-2-7)10-15-11(18-16-10)9-6-19-12(17)14-9;/h1-4,9H,5-6,13H2,(H,14,17);1H/t9-;/m0./s1. The first-order chi connectivity index (χ1) is 9.26. The molecule has 106 valence electrons. The second kappa shape index (κ2) is 6.25. The Morgan fingerprint density at radius 2 is 2.15 bits per heavy atom. The lowest BCUT2D eigenvalue weighted by atomic mass is 10.1. The molecule has 8 heteroatoms. The molecule has 20 heavy (non-hydrogen) atoms. The van der Waals surface area contributed by atoms with Gasteiger partial charge in [0.2, 0.25) is 11.7 Å². The number of nitrogens with zero attached hydrogens (tertiary/aromatic N) is 2. The lowest BCUT2D eigenvalue weighted by Crippen LogP contribution is -2.18. The van der Waals surface area contributed by atoms with Crippen LogP contribution in [0.5, 0.6) is 0 Å². The van der Waals surface area contributed by atoms with Gasteiger partial charge in [0, 0.05) is 17.9 Å². The van der Waals surface area contributed by atoms with Crippen molar-refractivity contribution in [2.24, 2.45) is 5.73 Å². The molecule has 0 bridgehead atoms. The summed E-state index contributed by atoms with van der Waals surface area (Å²) in [5.41, 5.74) is 7.46. The zero-order valence-corrected chi connectivity index (χ0v) is 12.0. The van der Waals surface area contributed by atoms with E-state index in [2.05, 4.69) is 15.5 Å². The number of benzene rings is 1. The van der Waals surface area contributed by atoms with Crippen LogP contribution in [0.25, 0.3) is 11.4 Å². The second-order valence-corrected chi connectivity index (χ2v) is 5.15. The number of hydrogen-bond donors (Lipinski definition) is 2. The van der Waals surface area contributed by atoms with Crippen molar-refractivity contribution in [3.05, 3.63) is 35.7 Å². The highest BCUT2D eigenvalue weighted by Gasteiger charge is 2.28. The Kier molecular flexibility index (Phi) is 4.64. The van der Waals surface area contributed by atoms with Gasteiger partial charge in [0.1, 0.15) is 6.04 Å². The Labute approximate surface area is 125 Å². The fraction of sp³-hybridized carbons (Fsp3) is 0.250. The van der Waals surface area contributed by atoms with Gasteiger partial charge in [-0.15, -0.1) is 12.4 Å². The number of rotatable bonds is 3. The molecule has 3 rings (SSSR count). The summed E-state index contributed by atoms with van der Waals surface area (Å²) in [6, 6.07) is 7.47. The normalized spacial score (nSPS) is 17.6. The van der Waals surface area contributed by atoms with Crippen LogP contribution >= 0.6 is 24.2 Å². The summed E-state index contributed by atoms with van der Waals surface area (Å²) in [5.74, 6) is 1.58. The van der Waals surface area contributed by atoms with Crippen molar-refractivity contribution in [3.8, 4) is 11.4 Å². The molecule has 1 aromatic heterocycles. The molecule has 3 N–H and O–H groups in total. The summed E-state index contributed by atoms with van der Waals surface area (Å²) >= 11 is 1.22. The topological polar surface area (TPSA) is 94.0 Å². The van der Waals surface area contributed by atoms with E-state index in [4.69, 9.17) is 10.3 Å². The fourth-order valence-corrected chi connectivity index (χ4v) is 2.57. The summed E-state index contributed by atoms with van der Waals surface area (Å²) in [7, 11) is 0. The fourth-order valence-electron chi connectivity index (χ4n) is 1.80. The summed E-state index contributed by atoms with van der Waals surface area (Å²) in [5, 5.41) is 6.64. The number of aromatic nitrogens is 2. The highest BCUT2D eigenvalue weighted by atomic mass is 35.5. The third-order valence-electron chi connectivity index (χ3n) is 2.86. The van der Waals surface area contributed by atoms with Gasteiger partial charge in [0.05, 0.1) is 0 Å². The van der Waals surface area contributed by atoms with E-state index in [-0.39, 0.29) is 23.7 Å². The van der Waals surface area contributed by atoms with E-state index < -0.39 is 0 Å². The lowest BCUT2D eigenvalue weighted by molar-refractivity contribution is 0.257. The van der Waals surface area contributed by atoms with Crippen LogP contribution in [0.15, 0.2) is 28.8 Å². The number of nitrogens with two attached hydrogens (primary N) is 1. The Bertz CT molecular complexity index is 602. The molecule has 2 aromatic rings. The van der Waals surface area contributed by atoms with Gasteiger partial charge in [-0.1, -0.05) is 41.2 Å². The van der Waals surface area contributed by atoms with Crippen molar-refractivity contribution in [1.82, 2.24) is 15.5 Å². The molecule has 1 aromatic carbocycles. The van der Waals surface area contributed by atoms with Crippen LogP contribution in [0.4, 0.5) is 4.79 Å². The molecule has 1 amide bonds. The van der Waals surface area contributed by atoms with Crippen molar-refractivity contribution < 1.29 is 9.32 Å². The molecule has 0 spiro atoms. The molecule has 1 saturated heterocycles. The molecule has 1 aliphatic heterocycles. The number of carbonyl (C=O) groups excluding carboxylic acids is 1. The molecule has 0 unspecified atom stereocenters. The Morgan fingerprint density at radius 3 is 2.75 bits per heavy atom. The predicted octanol–water partition coefficient (Wildman–Crippen LogP) is 2.11. The van der Waals surface area contributed by atoms with E-state index in [1.807, 2.05) is 24.3 Å². The van der Waals surface area contributed by atoms with Gasteiger partial charge in [-0.3, -0.25) is 4.79 Å². The van der Waals surface area contributed by atoms with Gasteiger partial charge in [-0.25, -0.2) is 0 Å². The van der Waals surface area contributed by atoms with Crippen molar-refractivity contribution in [3.63, 3.8) is 0 Å². The number of halogens is 1. The minimum Gasteiger partial charge on any atom is -0.337 e. The van der Waals surface area contributed by atoms with Gasteiger partial charge in [-0.2, -0.15) is 4.98 Å². The van der Waals surface area contributed by atoms with Gasteiger partial charge < -0.3 is 15.6 Å². The zero-order valence-electron chi connectivity index (χ0n) is 10.4. The average molecular weight is 313 g/mol. The molecule has 1 aliphatic rings. The van der Waals surface area contributed by atoms with E-state index >= 15 is 0 Å². The third kappa shape index (κ3) is 2.95. The monoisotopic (exact) mass is 312 g/mol. The van der Waals surface area contributed by atoms with Crippen molar-refractivity contribution in [2.45, 2.75) is 12.6 Å². The number of nitrogens with one attached hydrogen (secondary N) is 1.